The molecule has 192 valence electrons. The van der Waals surface area contributed by atoms with E-state index in [1.54, 1.807) is 0 Å². The Morgan fingerprint density at radius 3 is 2.64 bits per heavy atom. The topological polar surface area (TPSA) is 79.2 Å². The Morgan fingerprint density at radius 1 is 1.18 bits per heavy atom. The molecule has 6 nitrogen and oxygen atoms in total. The molecule has 0 amide bonds. The molecule has 7 atom stereocenters. The van der Waals surface area contributed by atoms with Crippen molar-refractivity contribution in [2.75, 3.05) is 26.2 Å². The van der Waals surface area contributed by atoms with Gasteiger partial charge in [0.2, 0.25) is 0 Å². The zero-order chi connectivity index (χ0) is 24.2. The first-order valence-electron chi connectivity index (χ1n) is 13.1. The number of unbranched alkanes of at least 4 members (excludes halogenated alkanes) is 2. The van der Waals surface area contributed by atoms with E-state index in [-0.39, 0.29) is 34.8 Å². The Hall–Kier alpha value is -0.470. The number of fused-ring (bicyclic) bond motifs is 1. The van der Waals surface area contributed by atoms with Crippen LogP contribution in [0, 0.1) is 11.8 Å². The molecule has 0 radical (unpaired) electrons. The first-order valence-corrected chi connectivity index (χ1v) is 14.0. The van der Waals surface area contributed by atoms with Crippen LogP contribution in [0.5, 0.6) is 0 Å². The number of ether oxygens (including phenoxy) is 2. The van der Waals surface area contributed by atoms with Gasteiger partial charge in [0.25, 0.3) is 0 Å². The lowest BCUT2D eigenvalue weighted by Crippen LogP contribution is -2.28. The minimum absolute atomic E-state index is 0.0429. The van der Waals surface area contributed by atoms with E-state index >= 15 is 0 Å². The summed E-state index contributed by atoms with van der Waals surface area (Å²) in [6.45, 7) is 9.56. The highest BCUT2D eigenvalue weighted by Gasteiger charge is 2.49. The Bertz CT molecular complexity index is 585. The number of aliphatic hydroxyl groups is 2. The summed E-state index contributed by atoms with van der Waals surface area (Å²) in [7, 11) is 0. The third-order valence-corrected chi connectivity index (χ3v) is 8.28. The molecule has 2 unspecified atom stereocenters. The lowest BCUT2D eigenvalue weighted by molar-refractivity contribution is -0.144. The minimum Gasteiger partial charge on any atom is -0.464 e. The third-order valence-electron chi connectivity index (χ3n) is 7.23. The lowest BCUT2D eigenvalue weighted by atomic mass is 9.89. The van der Waals surface area contributed by atoms with Crippen molar-refractivity contribution in [3.63, 3.8) is 0 Å². The summed E-state index contributed by atoms with van der Waals surface area (Å²) in [5, 5.41) is 20.7. The van der Waals surface area contributed by atoms with Crippen molar-refractivity contribution in [2.24, 2.45) is 11.8 Å². The van der Waals surface area contributed by atoms with Gasteiger partial charge >= 0.3 is 5.97 Å². The van der Waals surface area contributed by atoms with Gasteiger partial charge in [0.15, 0.2) is 0 Å². The molecule has 2 fully saturated rings. The summed E-state index contributed by atoms with van der Waals surface area (Å²) in [6.07, 6.45) is 10.9. The van der Waals surface area contributed by atoms with Crippen LogP contribution in [0.25, 0.3) is 0 Å². The lowest BCUT2D eigenvalue weighted by Gasteiger charge is -2.21. The number of esters is 1. The second kappa shape index (κ2) is 15.5. The van der Waals surface area contributed by atoms with E-state index in [0.29, 0.717) is 19.4 Å². The second-order valence-electron chi connectivity index (χ2n) is 9.60. The Morgan fingerprint density at radius 2 is 1.94 bits per heavy atom. The molecule has 7 heteroatoms. The molecule has 0 aromatic rings. The maximum absolute atomic E-state index is 12.0. The van der Waals surface area contributed by atoms with Crippen molar-refractivity contribution in [1.29, 1.82) is 0 Å². The number of rotatable bonds is 16. The van der Waals surface area contributed by atoms with E-state index in [1.165, 1.54) is 0 Å². The molecule has 1 aliphatic carbocycles. The van der Waals surface area contributed by atoms with Gasteiger partial charge in [-0.1, -0.05) is 68.1 Å². The minimum atomic E-state index is -0.434. The van der Waals surface area contributed by atoms with Gasteiger partial charge in [-0.25, -0.2) is 0 Å². The third kappa shape index (κ3) is 9.60. The van der Waals surface area contributed by atoms with Gasteiger partial charge in [-0.3, -0.25) is 4.79 Å². The SMILES string of the molecule is CCCCC[C@H](O)/C=C/[C@@H]1[C@H]2CC(C(Br)CCCC(=O)OCCN(CC)CC)O[C@H]2C[C@H]1O. The molecule has 1 saturated carbocycles. The number of hydrogen-bond donors (Lipinski definition) is 2. The normalized spacial score (nSPS) is 29.0. The zero-order valence-electron chi connectivity index (χ0n) is 20.8. The van der Waals surface area contributed by atoms with Crippen LogP contribution >= 0.6 is 15.9 Å². The fraction of sp³-hybridized carbons (Fsp3) is 0.885. The standard InChI is InChI=1S/C26H46BrNO5/c1-4-7-8-10-19(29)13-14-20-21-17-25(33-24(21)18-23(20)30)22(27)11-9-12-26(31)32-16-15-28(5-2)6-3/h13-14,19-25,29-30H,4-12,15-18H2,1-3H3/b14-13+/t19-,20+,21+,22?,23+,24-,25?/m0/s1. The summed E-state index contributed by atoms with van der Waals surface area (Å²) in [5.74, 6) is 0.201. The molecule has 33 heavy (non-hydrogen) atoms. The predicted octanol–water partition coefficient (Wildman–Crippen LogP) is 4.46. The summed E-state index contributed by atoms with van der Waals surface area (Å²) in [6, 6.07) is 0. The predicted molar refractivity (Wildman–Crippen MR) is 135 cm³/mol. The monoisotopic (exact) mass is 531 g/mol. The molecular formula is C26H46BrNO5. The summed E-state index contributed by atoms with van der Waals surface area (Å²) >= 11 is 3.78. The van der Waals surface area contributed by atoms with Crippen LogP contribution in [0.4, 0.5) is 0 Å². The van der Waals surface area contributed by atoms with Crippen LogP contribution in [0.1, 0.15) is 78.6 Å². The van der Waals surface area contributed by atoms with Crippen LogP contribution in [-0.2, 0) is 14.3 Å². The summed E-state index contributed by atoms with van der Waals surface area (Å²) in [4.78, 5) is 14.4. The quantitative estimate of drug-likeness (QED) is 0.132. The van der Waals surface area contributed by atoms with Crippen molar-refractivity contribution in [3.8, 4) is 0 Å². The zero-order valence-corrected chi connectivity index (χ0v) is 22.4. The fourth-order valence-corrected chi connectivity index (χ4v) is 5.77. The van der Waals surface area contributed by atoms with E-state index in [0.717, 1.165) is 64.6 Å². The Labute approximate surface area is 209 Å². The maximum atomic E-state index is 12.0. The van der Waals surface area contributed by atoms with Crippen molar-refractivity contribution in [1.82, 2.24) is 4.90 Å². The molecule has 0 spiro atoms. The molecular weight excluding hydrogens is 486 g/mol. The fourth-order valence-electron chi connectivity index (χ4n) is 5.10. The van der Waals surface area contributed by atoms with Crippen LogP contribution in [0.3, 0.4) is 0 Å². The number of likely N-dealkylation sites (N-methyl/N-ethyl adjacent to an activating group) is 1. The van der Waals surface area contributed by atoms with Gasteiger partial charge in [0.05, 0.1) is 24.4 Å². The number of carbonyl (C=O) groups excluding carboxylic acids is 1. The van der Waals surface area contributed by atoms with Gasteiger partial charge in [-0.15, -0.1) is 0 Å². The number of nitrogens with zero attached hydrogens (tertiary/aromatic N) is 1. The average Bonchev–Trinajstić information content (AvgIpc) is 3.32. The first kappa shape index (κ1) is 28.8. The Balaban J connectivity index is 1.69. The van der Waals surface area contributed by atoms with Gasteiger partial charge in [0.1, 0.15) is 6.61 Å². The highest BCUT2D eigenvalue weighted by Crippen LogP contribution is 2.46. The molecule has 1 saturated heterocycles. The van der Waals surface area contributed by atoms with Gasteiger partial charge < -0.3 is 24.6 Å². The molecule has 1 heterocycles. The van der Waals surface area contributed by atoms with Crippen molar-refractivity contribution < 1.29 is 24.5 Å². The van der Waals surface area contributed by atoms with Crippen LogP contribution in [-0.4, -0.2) is 76.6 Å². The number of alkyl halides is 1. The molecule has 2 N–H and O–H groups in total. The molecule has 0 aromatic heterocycles. The van der Waals surface area contributed by atoms with Crippen molar-refractivity contribution in [3.05, 3.63) is 12.2 Å². The highest BCUT2D eigenvalue weighted by molar-refractivity contribution is 9.09. The van der Waals surface area contributed by atoms with Crippen molar-refractivity contribution in [2.45, 2.75) is 108 Å². The first-order chi connectivity index (χ1) is 15.9. The Kier molecular flexibility index (Phi) is 13.5. The highest BCUT2D eigenvalue weighted by atomic mass is 79.9. The van der Waals surface area contributed by atoms with E-state index in [1.807, 2.05) is 12.2 Å². The van der Waals surface area contributed by atoms with Crippen molar-refractivity contribution >= 4 is 21.9 Å². The van der Waals surface area contributed by atoms with Gasteiger partial charge in [-0.2, -0.15) is 0 Å². The molecule has 1 aliphatic heterocycles. The van der Waals surface area contributed by atoms with Crippen LogP contribution in [0.2, 0.25) is 0 Å². The van der Waals surface area contributed by atoms with Gasteiger partial charge in [-0.05, 0) is 44.7 Å². The largest absolute Gasteiger partial charge is 0.464 e. The number of aliphatic hydroxyl groups excluding tert-OH is 2. The summed E-state index contributed by atoms with van der Waals surface area (Å²) in [5.41, 5.74) is 0. The van der Waals surface area contributed by atoms with E-state index in [9.17, 15) is 15.0 Å². The molecule has 2 rings (SSSR count). The second-order valence-corrected chi connectivity index (χ2v) is 10.8. The summed E-state index contributed by atoms with van der Waals surface area (Å²) < 4.78 is 11.6. The number of halogens is 1. The average molecular weight is 533 g/mol. The molecule has 0 aromatic carbocycles. The van der Waals surface area contributed by atoms with E-state index in [4.69, 9.17) is 9.47 Å². The number of hydrogen-bond acceptors (Lipinski definition) is 6. The van der Waals surface area contributed by atoms with E-state index in [2.05, 4.69) is 41.6 Å². The molecule has 2 aliphatic rings. The van der Waals surface area contributed by atoms with Crippen LogP contribution < -0.4 is 0 Å². The molecule has 0 bridgehead atoms. The maximum Gasteiger partial charge on any atom is 0.305 e. The van der Waals surface area contributed by atoms with Gasteiger partial charge in [0, 0.05) is 30.1 Å². The number of carbonyl (C=O) groups is 1. The van der Waals surface area contributed by atoms with Crippen LogP contribution in [0.15, 0.2) is 12.2 Å². The van der Waals surface area contributed by atoms with E-state index < -0.39 is 12.2 Å². The smallest absolute Gasteiger partial charge is 0.305 e.